The Morgan fingerprint density at radius 1 is 0.952 bits per heavy atom. The summed E-state index contributed by atoms with van der Waals surface area (Å²) in [6.07, 6.45) is 0. The minimum absolute atomic E-state index is 0.313. The molecule has 0 radical (unpaired) electrons. The van der Waals surface area contributed by atoms with Gasteiger partial charge in [-0.2, -0.15) is 0 Å². The first-order valence-corrected chi connectivity index (χ1v) is 9.81. The molecule has 0 saturated carbocycles. The molecule has 0 aliphatic heterocycles. The Kier molecular flexibility index (Phi) is 6.02. The molecular formula is C17H28O3Si. The summed E-state index contributed by atoms with van der Waals surface area (Å²) >= 11 is 0. The van der Waals surface area contributed by atoms with Crippen molar-refractivity contribution in [2.45, 2.75) is 65.1 Å². The van der Waals surface area contributed by atoms with Gasteiger partial charge in [-0.1, -0.05) is 47.6 Å². The van der Waals surface area contributed by atoms with Crippen LogP contribution in [0.1, 0.15) is 48.5 Å². The summed E-state index contributed by atoms with van der Waals surface area (Å²) in [7, 11) is -1.97. The predicted octanol–water partition coefficient (Wildman–Crippen LogP) is 5.17. The highest BCUT2D eigenvalue weighted by atomic mass is 28.4. The van der Waals surface area contributed by atoms with Crippen LogP contribution in [-0.2, 0) is 4.79 Å². The average Bonchev–Trinajstić information content (AvgIpc) is 2.34. The molecule has 1 rings (SSSR count). The number of carbonyl (C=O) groups excluding carboxylic acids is 1. The highest BCUT2D eigenvalue weighted by Crippen LogP contribution is 2.43. The first kappa shape index (κ1) is 17.8. The molecule has 21 heavy (non-hydrogen) atoms. The molecule has 1 aromatic rings. The van der Waals surface area contributed by atoms with E-state index in [-0.39, 0.29) is 5.97 Å². The molecule has 0 amide bonds. The van der Waals surface area contributed by atoms with Crippen molar-refractivity contribution in [3.8, 4) is 11.5 Å². The monoisotopic (exact) mass is 308 g/mol. The highest BCUT2D eigenvalue weighted by Gasteiger charge is 2.46. The van der Waals surface area contributed by atoms with Gasteiger partial charge in [0.1, 0.15) is 11.5 Å². The van der Waals surface area contributed by atoms with E-state index in [1.165, 1.54) is 6.92 Å². The lowest BCUT2D eigenvalue weighted by Gasteiger charge is -2.42. The molecule has 0 aliphatic rings. The quantitative estimate of drug-likeness (QED) is 0.413. The average molecular weight is 308 g/mol. The van der Waals surface area contributed by atoms with Crippen LogP contribution in [0, 0.1) is 0 Å². The summed E-state index contributed by atoms with van der Waals surface area (Å²) in [4.78, 5) is 11.1. The van der Waals surface area contributed by atoms with Gasteiger partial charge in [-0.15, -0.1) is 0 Å². The van der Waals surface area contributed by atoms with Gasteiger partial charge in [-0.3, -0.25) is 4.79 Å². The Hall–Kier alpha value is -1.29. The van der Waals surface area contributed by atoms with Crippen LogP contribution < -0.4 is 9.16 Å². The molecule has 0 N–H and O–H groups in total. The van der Waals surface area contributed by atoms with Gasteiger partial charge in [0.05, 0.1) is 0 Å². The summed E-state index contributed by atoms with van der Waals surface area (Å²) in [5, 5.41) is 0. The molecule has 0 heterocycles. The summed E-state index contributed by atoms with van der Waals surface area (Å²) in [6, 6.07) is 7.41. The third kappa shape index (κ3) is 4.10. The van der Waals surface area contributed by atoms with E-state index in [9.17, 15) is 4.79 Å². The summed E-state index contributed by atoms with van der Waals surface area (Å²) in [5.41, 5.74) is 1.53. The Morgan fingerprint density at radius 3 is 1.86 bits per heavy atom. The second-order valence-corrected chi connectivity index (χ2v) is 11.9. The molecule has 0 spiro atoms. The number of hydrogen-bond acceptors (Lipinski definition) is 3. The number of ether oxygens (including phenoxy) is 1. The maximum Gasteiger partial charge on any atom is 0.308 e. The largest absolute Gasteiger partial charge is 0.543 e. The number of benzene rings is 1. The molecule has 0 aromatic heterocycles. The van der Waals surface area contributed by atoms with Crippen molar-refractivity contribution in [2.24, 2.45) is 0 Å². The molecule has 0 bridgehead atoms. The fraction of sp³-hybridized carbons (Fsp3) is 0.588. The van der Waals surface area contributed by atoms with Crippen molar-refractivity contribution < 1.29 is 14.0 Å². The summed E-state index contributed by atoms with van der Waals surface area (Å²) in [6.45, 7) is 14.9. The van der Waals surface area contributed by atoms with E-state index in [2.05, 4.69) is 41.5 Å². The lowest BCUT2D eigenvalue weighted by Crippen LogP contribution is -2.50. The minimum atomic E-state index is -1.97. The first-order chi connectivity index (χ1) is 9.70. The minimum Gasteiger partial charge on any atom is -0.543 e. The third-order valence-corrected chi connectivity index (χ3v) is 10.1. The van der Waals surface area contributed by atoms with E-state index < -0.39 is 8.32 Å². The van der Waals surface area contributed by atoms with Crippen molar-refractivity contribution >= 4 is 14.3 Å². The summed E-state index contributed by atoms with van der Waals surface area (Å²) < 4.78 is 11.7. The number of rotatable bonds is 6. The molecule has 118 valence electrons. The number of esters is 1. The van der Waals surface area contributed by atoms with Gasteiger partial charge < -0.3 is 9.16 Å². The van der Waals surface area contributed by atoms with Crippen LogP contribution in [0.25, 0.3) is 0 Å². The molecule has 4 heteroatoms. The van der Waals surface area contributed by atoms with Crippen LogP contribution in [0.2, 0.25) is 16.6 Å². The normalized spacial score (nSPS) is 12.1. The zero-order valence-electron chi connectivity index (χ0n) is 14.3. The highest BCUT2D eigenvalue weighted by molar-refractivity contribution is 6.78. The van der Waals surface area contributed by atoms with E-state index in [0.29, 0.717) is 22.4 Å². The van der Waals surface area contributed by atoms with Crippen LogP contribution in [0.3, 0.4) is 0 Å². The zero-order valence-corrected chi connectivity index (χ0v) is 15.3. The molecule has 0 atom stereocenters. The van der Waals surface area contributed by atoms with Crippen molar-refractivity contribution in [3.63, 3.8) is 0 Å². The van der Waals surface area contributed by atoms with Crippen molar-refractivity contribution in [2.75, 3.05) is 0 Å². The first-order valence-electron chi connectivity index (χ1n) is 7.67. The van der Waals surface area contributed by atoms with Gasteiger partial charge in [0.25, 0.3) is 8.32 Å². The molecule has 3 nitrogen and oxygen atoms in total. The van der Waals surface area contributed by atoms with Crippen LogP contribution in [0.5, 0.6) is 11.5 Å². The SMILES string of the molecule is CC(=O)Oc1cccc(O[Si](C(C)C)(C(C)C)C(C)C)c1. The predicted molar refractivity (Wildman–Crippen MR) is 89.4 cm³/mol. The second kappa shape index (κ2) is 7.12. The number of hydrogen-bond donors (Lipinski definition) is 0. The Morgan fingerprint density at radius 2 is 1.43 bits per heavy atom. The van der Waals surface area contributed by atoms with E-state index in [1.807, 2.05) is 18.2 Å². The fourth-order valence-corrected chi connectivity index (χ4v) is 8.57. The standard InChI is InChI=1S/C17H28O3Si/c1-12(2)21(13(3)4,14(5)6)20-17-10-8-9-16(11-17)19-15(7)18/h8-14H,1-7H3. The zero-order chi connectivity index (χ0) is 16.2. The van der Waals surface area contributed by atoms with Crippen LogP contribution in [0.4, 0.5) is 0 Å². The van der Waals surface area contributed by atoms with Crippen molar-refractivity contribution in [1.82, 2.24) is 0 Å². The maximum atomic E-state index is 11.1. The Balaban J connectivity index is 3.12. The van der Waals surface area contributed by atoms with Gasteiger partial charge in [0, 0.05) is 13.0 Å². The van der Waals surface area contributed by atoms with Crippen LogP contribution in [-0.4, -0.2) is 14.3 Å². The Labute approximate surface area is 129 Å². The lowest BCUT2D eigenvalue weighted by molar-refractivity contribution is -0.131. The van der Waals surface area contributed by atoms with Crippen LogP contribution >= 0.6 is 0 Å². The van der Waals surface area contributed by atoms with E-state index in [1.54, 1.807) is 6.07 Å². The van der Waals surface area contributed by atoms with Crippen molar-refractivity contribution in [3.05, 3.63) is 24.3 Å². The molecule has 0 aliphatic carbocycles. The van der Waals surface area contributed by atoms with E-state index in [0.717, 1.165) is 5.75 Å². The topological polar surface area (TPSA) is 35.5 Å². The summed E-state index contributed by atoms with van der Waals surface area (Å²) in [5.74, 6) is 1.03. The molecule has 0 saturated heterocycles. The lowest BCUT2D eigenvalue weighted by atomic mass is 10.3. The molecule has 0 fully saturated rings. The van der Waals surface area contributed by atoms with Gasteiger partial charge in [0.15, 0.2) is 0 Å². The maximum absolute atomic E-state index is 11.1. The van der Waals surface area contributed by atoms with Gasteiger partial charge in [0.2, 0.25) is 0 Å². The van der Waals surface area contributed by atoms with E-state index in [4.69, 9.17) is 9.16 Å². The van der Waals surface area contributed by atoms with Crippen molar-refractivity contribution in [1.29, 1.82) is 0 Å². The van der Waals surface area contributed by atoms with Gasteiger partial charge in [-0.05, 0) is 28.8 Å². The Bertz CT molecular complexity index is 459. The van der Waals surface area contributed by atoms with E-state index >= 15 is 0 Å². The van der Waals surface area contributed by atoms with Crippen LogP contribution in [0.15, 0.2) is 24.3 Å². The second-order valence-electron chi connectivity index (χ2n) is 6.49. The molecule has 0 unspecified atom stereocenters. The smallest absolute Gasteiger partial charge is 0.308 e. The van der Waals surface area contributed by atoms with Gasteiger partial charge >= 0.3 is 5.97 Å². The number of carbonyl (C=O) groups is 1. The third-order valence-electron chi connectivity index (χ3n) is 4.07. The molecule has 1 aromatic carbocycles. The fourth-order valence-electron chi connectivity index (χ4n) is 3.32. The molecular weight excluding hydrogens is 280 g/mol. The van der Waals surface area contributed by atoms with Gasteiger partial charge in [-0.25, -0.2) is 0 Å².